The molecule has 0 aliphatic heterocycles. The smallest absolute Gasteiger partial charge is 0.247 e. The van der Waals surface area contributed by atoms with Gasteiger partial charge in [0.05, 0.1) is 159 Å². The van der Waals surface area contributed by atoms with Crippen LogP contribution in [0.15, 0.2) is 109 Å². The summed E-state index contributed by atoms with van der Waals surface area (Å²) in [5, 5.41) is 24.3. The first-order chi connectivity index (χ1) is 46.2. The van der Waals surface area contributed by atoms with Crippen LogP contribution in [0.4, 0.5) is 0 Å². The second kappa shape index (κ2) is 41.5. The van der Waals surface area contributed by atoms with E-state index in [2.05, 4.69) is 69.8 Å². The Morgan fingerprint density at radius 2 is 0.628 bits per heavy atom. The van der Waals surface area contributed by atoms with Gasteiger partial charge in [-0.1, -0.05) is 109 Å². The predicted molar refractivity (Wildman–Crippen MR) is 359 cm³/mol. The van der Waals surface area contributed by atoms with Crippen LogP contribution in [0.1, 0.15) is 55.3 Å². The van der Waals surface area contributed by atoms with Crippen LogP contribution < -0.4 is 32.7 Å². The van der Waals surface area contributed by atoms with Gasteiger partial charge in [0.25, 0.3) is 0 Å². The SMILES string of the molecule is NCCOCCOCCOCCOCCOCCOCCC(=O)N[C@H](C(=O)NCCCCC(=O)N[C@H](C(=O)NCCOCCOCCOCCOCCOCCOCCC(N)=O)c1ccc2ccc3cccc4ccc1c2c34)c1ccc2ccc3cccc4ccc1c2c34. The zero-order chi connectivity index (χ0) is 65.8. The van der Waals surface area contributed by atoms with E-state index in [1.165, 1.54) is 0 Å². The van der Waals surface area contributed by atoms with Crippen LogP contribution in [-0.4, -0.2) is 208 Å². The van der Waals surface area contributed by atoms with Crippen molar-refractivity contribution in [3.63, 3.8) is 0 Å². The summed E-state index contributed by atoms with van der Waals surface area (Å²) in [6, 6.07) is 34.5. The van der Waals surface area contributed by atoms with Crippen LogP contribution in [0.25, 0.3) is 64.6 Å². The first kappa shape index (κ1) is 72.5. The largest absolute Gasteiger partial charge is 0.379 e. The molecule has 0 radical (unpaired) electrons. The van der Waals surface area contributed by atoms with Crippen LogP contribution in [-0.2, 0) is 80.8 Å². The van der Waals surface area contributed by atoms with E-state index in [1.807, 2.05) is 60.7 Å². The molecule has 0 aliphatic carbocycles. The molecule has 0 aromatic heterocycles. The summed E-state index contributed by atoms with van der Waals surface area (Å²) in [5.74, 6) is -1.87. The Kier molecular flexibility index (Phi) is 32.0. The van der Waals surface area contributed by atoms with Crippen molar-refractivity contribution in [2.24, 2.45) is 11.5 Å². The van der Waals surface area contributed by atoms with Gasteiger partial charge >= 0.3 is 0 Å². The minimum Gasteiger partial charge on any atom is -0.379 e. The Labute approximate surface area is 548 Å². The first-order valence-corrected chi connectivity index (χ1v) is 32.6. The Morgan fingerprint density at radius 1 is 0.319 bits per heavy atom. The number of benzene rings is 8. The molecule has 8 rings (SSSR count). The zero-order valence-electron chi connectivity index (χ0n) is 53.8. The topological polar surface area (TPSA) is 296 Å². The highest BCUT2D eigenvalue weighted by Crippen LogP contribution is 2.39. The lowest BCUT2D eigenvalue weighted by Crippen LogP contribution is -2.42. The van der Waals surface area contributed by atoms with Gasteiger partial charge in [-0.15, -0.1) is 0 Å². The molecule has 0 bridgehead atoms. The van der Waals surface area contributed by atoms with Gasteiger partial charge in [0, 0.05) is 38.9 Å². The second-order valence-corrected chi connectivity index (χ2v) is 22.2. The van der Waals surface area contributed by atoms with Gasteiger partial charge < -0.3 is 89.6 Å². The van der Waals surface area contributed by atoms with E-state index in [4.69, 9.17) is 68.3 Å². The predicted octanol–water partition coefficient (Wildman–Crippen LogP) is 6.32. The van der Waals surface area contributed by atoms with E-state index in [1.54, 1.807) is 0 Å². The number of nitrogens with one attached hydrogen (secondary N) is 4. The maximum atomic E-state index is 14.4. The minimum absolute atomic E-state index is 0.00933. The number of hydrogen-bond donors (Lipinski definition) is 6. The van der Waals surface area contributed by atoms with Crippen LogP contribution >= 0.6 is 0 Å². The normalized spacial score (nSPS) is 12.4. The molecule has 5 amide bonds. The lowest BCUT2D eigenvalue weighted by Gasteiger charge is -2.22. The fraction of sp³-hybridized carbons (Fsp3) is 0.479. The molecule has 0 heterocycles. The molecule has 94 heavy (non-hydrogen) atoms. The number of ether oxygens (including phenoxy) is 12. The van der Waals surface area contributed by atoms with Crippen molar-refractivity contribution in [2.75, 3.05) is 178 Å². The molecule has 23 nitrogen and oxygen atoms in total. The van der Waals surface area contributed by atoms with Crippen molar-refractivity contribution in [2.45, 2.75) is 44.2 Å². The third kappa shape index (κ3) is 23.2. The fourth-order valence-electron chi connectivity index (χ4n) is 11.0. The highest BCUT2D eigenvalue weighted by molar-refractivity contribution is 6.25. The van der Waals surface area contributed by atoms with Gasteiger partial charge in [0.1, 0.15) is 12.1 Å². The summed E-state index contributed by atoms with van der Waals surface area (Å²) in [5.41, 5.74) is 11.8. The van der Waals surface area contributed by atoms with Crippen LogP contribution in [0.2, 0.25) is 0 Å². The first-order valence-electron chi connectivity index (χ1n) is 32.6. The van der Waals surface area contributed by atoms with Crippen molar-refractivity contribution in [1.82, 2.24) is 21.3 Å². The number of amides is 5. The molecule has 8 N–H and O–H groups in total. The Morgan fingerprint density at radius 3 is 1.01 bits per heavy atom. The average Bonchev–Trinajstić information content (AvgIpc) is 0.748. The molecule has 508 valence electrons. The molecule has 8 aromatic carbocycles. The molecule has 0 spiro atoms. The van der Waals surface area contributed by atoms with Crippen molar-refractivity contribution in [3.8, 4) is 0 Å². The monoisotopic (exact) mass is 1300 g/mol. The number of nitrogens with two attached hydrogens (primary N) is 2. The Balaban J connectivity index is 0.778. The zero-order valence-corrected chi connectivity index (χ0v) is 53.8. The van der Waals surface area contributed by atoms with Gasteiger partial charge in [0.2, 0.25) is 29.5 Å². The molecule has 0 saturated heterocycles. The molecular weight excluding hydrogens is 1210 g/mol. The summed E-state index contributed by atoms with van der Waals surface area (Å²) in [6.45, 7) is 9.98. The number of unbranched alkanes of at least 4 members (excludes halogenated alkanes) is 1. The van der Waals surface area contributed by atoms with E-state index < -0.39 is 23.9 Å². The highest BCUT2D eigenvalue weighted by atomic mass is 16.6. The maximum absolute atomic E-state index is 14.4. The molecule has 8 aromatic rings. The Hall–Kier alpha value is -7.33. The van der Waals surface area contributed by atoms with E-state index in [9.17, 15) is 24.0 Å². The van der Waals surface area contributed by atoms with Gasteiger partial charge in [-0.2, -0.15) is 0 Å². The lowest BCUT2D eigenvalue weighted by atomic mass is 9.89. The van der Waals surface area contributed by atoms with E-state index in [0.29, 0.717) is 163 Å². The summed E-state index contributed by atoms with van der Waals surface area (Å²) >= 11 is 0. The van der Waals surface area contributed by atoms with Crippen molar-refractivity contribution >= 4 is 94.2 Å². The molecule has 0 fully saturated rings. The van der Waals surface area contributed by atoms with Gasteiger partial charge in [-0.3, -0.25) is 24.0 Å². The molecule has 0 unspecified atom stereocenters. The second-order valence-electron chi connectivity index (χ2n) is 22.2. The number of rotatable bonds is 52. The van der Waals surface area contributed by atoms with E-state index in [0.717, 1.165) is 64.6 Å². The number of carbonyl (C=O) groups is 5. The fourth-order valence-corrected chi connectivity index (χ4v) is 11.0. The molecule has 0 saturated carbocycles. The lowest BCUT2D eigenvalue weighted by molar-refractivity contribution is -0.129. The van der Waals surface area contributed by atoms with Crippen molar-refractivity contribution in [3.05, 3.63) is 120 Å². The van der Waals surface area contributed by atoms with Crippen molar-refractivity contribution < 1.29 is 80.8 Å². The highest BCUT2D eigenvalue weighted by Gasteiger charge is 2.28. The molecule has 23 heteroatoms. The molecular formula is C71H92N6O17. The maximum Gasteiger partial charge on any atom is 0.247 e. The van der Waals surface area contributed by atoms with Crippen LogP contribution in [0, 0.1) is 0 Å². The standard InChI is InChI=1S/C71H92N6O17/c72-24-29-85-33-37-89-41-45-93-49-47-92-44-40-88-36-32-84-28-23-63(80)77-68(59-20-16-55-12-10-51-5-3-7-53-14-18-57(59)66(55)64(51)53)70(81)74-25-2-1-9-62(79)76-69(60-21-17-56-13-11-52-6-4-8-54-15-19-58(60)67(56)65(52)54)71(82)75-26-30-86-34-38-90-42-46-94-50-48-91-43-39-87-35-31-83-27-22-61(73)78/h3-8,10-21,68-69H,1-2,9,22-50,72H2,(H2,73,78)(H,74,81)(H,75,82)(H,76,79)(H,77,80)/t68-,69-/m0/s1. The summed E-state index contributed by atoms with van der Waals surface area (Å²) < 4.78 is 66.4. The van der Waals surface area contributed by atoms with E-state index >= 15 is 0 Å². The number of carbonyl (C=O) groups excluding carboxylic acids is 5. The van der Waals surface area contributed by atoms with Crippen molar-refractivity contribution in [1.29, 1.82) is 0 Å². The third-order valence-electron chi connectivity index (χ3n) is 15.5. The summed E-state index contributed by atoms with van der Waals surface area (Å²) in [6.07, 6.45) is 1.11. The quantitative estimate of drug-likeness (QED) is 0.0179. The van der Waals surface area contributed by atoms with Gasteiger partial charge in [0.15, 0.2) is 0 Å². The van der Waals surface area contributed by atoms with Gasteiger partial charge in [-0.05, 0) is 88.6 Å². The summed E-state index contributed by atoms with van der Waals surface area (Å²) in [4.78, 5) is 67.1. The minimum atomic E-state index is -1.04. The Bertz CT molecular complexity index is 3530. The van der Waals surface area contributed by atoms with Crippen LogP contribution in [0.3, 0.4) is 0 Å². The van der Waals surface area contributed by atoms with Gasteiger partial charge in [-0.25, -0.2) is 0 Å². The van der Waals surface area contributed by atoms with Crippen LogP contribution in [0.5, 0.6) is 0 Å². The number of hydrogen-bond acceptors (Lipinski definition) is 18. The molecule has 2 atom stereocenters. The number of primary amides is 1. The average molecular weight is 1300 g/mol. The third-order valence-corrected chi connectivity index (χ3v) is 15.5. The molecule has 0 aliphatic rings. The van der Waals surface area contributed by atoms with E-state index in [-0.39, 0.29) is 76.5 Å². The summed E-state index contributed by atoms with van der Waals surface area (Å²) in [7, 11) is 0.